The smallest absolute Gasteiger partial charge is 0.316 e. The number of nitrogens with zero attached hydrogens (tertiary/aromatic N) is 2. The van der Waals surface area contributed by atoms with Gasteiger partial charge < -0.3 is 9.64 Å². The molecule has 7 nitrogen and oxygen atoms in total. The number of carbonyl (C=O) groups excluding carboxylic acids is 4. The lowest BCUT2D eigenvalue weighted by Gasteiger charge is -2.19. The topological polar surface area (TPSA) is 84.0 Å². The lowest BCUT2D eigenvalue weighted by molar-refractivity contribution is -0.139. The van der Waals surface area contributed by atoms with Crippen molar-refractivity contribution < 1.29 is 23.9 Å². The minimum atomic E-state index is -0.564. The zero-order valence-electron chi connectivity index (χ0n) is 19.2. The minimum absolute atomic E-state index is 0.0947. The zero-order valence-corrected chi connectivity index (χ0v) is 19.2. The van der Waals surface area contributed by atoms with Crippen LogP contribution in [0.25, 0.3) is 0 Å². The van der Waals surface area contributed by atoms with Crippen LogP contribution in [0, 0.1) is 31.6 Å². The molecule has 0 N–H and O–H groups in total. The standard InChI is InChI=1S/C27H26N2O5/c1-16-6-5-7-19(12-16)28-15-18(14-24(28)30)27(33)34-20-10-11-23(17(2)13-20)29-25(31)21-8-3-4-9-22(21)26(29)32/h3-7,10-13,18,21-22H,8-9,14-15H2,1-2H3/t18-,21-,22-/m1/s1. The number of benzene rings is 2. The predicted molar refractivity (Wildman–Crippen MR) is 126 cm³/mol. The van der Waals surface area contributed by atoms with Crippen molar-refractivity contribution in [2.24, 2.45) is 17.8 Å². The Morgan fingerprint density at radius 2 is 1.65 bits per heavy atom. The van der Waals surface area contributed by atoms with Gasteiger partial charge in [-0.05, 0) is 68.1 Å². The van der Waals surface area contributed by atoms with Crippen molar-refractivity contribution >= 4 is 35.1 Å². The summed E-state index contributed by atoms with van der Waals surface area (Å²) in [4.78, 5) is 54.0. The van der Waals surface area contributed by atoms with Gasteiger partial charge in [0.2, 0.25) is 17.7 Å². The molecule has 2 aromatic rings. The first kappa shape index (κ1) is 22.1. The Morgan fingerprint density at radius 3 is 2.29 bits per heavy atom. The number of allylic oxidation sites excluding steroid dienone is 2. The highest BCUT2D eigenvalue weighted by Crippen LogP contribution is 2.39. The normalized spacial score (nSPS) is 24.1. The number of rotatable bonds is 4. The summed E-state index contributed by atoms with van der Waals surface area (Å²) in [6.45, 7) is 4.01. The zero-order chi connectivity index (χ0) is 24.0. The highest BCUT2D eigenvalue weighted by Gasteiger charge is 2.48. The summed E-state index contributed by atoms with van der Waals surface area (Å²) in [5.41, 5.74) is 3.00. The number of hydrogen-bond donors (Lipinski definition) is 0. The highest BCUT2D eigenvalue weighted by atomic mass is 16.5. The molecule has 3 amide bonds. The third kappa shape index (κ3) is 3.81. The maximum Gasteiger partial charge on any atom is 0.316 e. The molecule has 2 fully saturated rings. The average molecular weight is 459 g/mol. The maximum atomic E-state index is 12.9. The molecule has 0 unspecified atom stereocenters. The molecule has 0 saturated carbocycles. The molecule has 2 aromatic carbocycles. The van der Waals surface area contributed by atoms with E-state index >= 15 is 0 Å². The summed E-state index contributed by atoms with van der Waals surface area (Å²) < 4.78 is 5.59. The van der Waals surface area contributed by atoms with Gasteiger partial charge in [0.15, 0.2) is 0 Å². The highest BCUT2D eigenvalue weighted by molar-refractivity contribution is 6.22. The van der Waals surface area contributed by atoms with Crippen LogP contribution in [0.5, 0.6) is 5.75 Å². The van der Waals surface area contributed by atoms with E-state index in [1.807, 2.05) is 43.3 Å². The van der Waals surface area contributed by atoms with Crippen molar-refractivity contribution in [1.29, 1.82) is 0 Å². The van der Waals surface area contributed by atoms with Crippen molar-refractivity contribution in [3.05, 3.63) is 65.7 Å². The second-order valence-electron chi connectivity index (χ2n) is 9.28. The second kappa shape index (κ2) is 8.56. The number of imide groups is 1. The van der Waals surface area contributed by atoms with Crippen molar-refractivity contribution in [2.45, 2.75) is 33.1 Å². The van der Waals surface area contributed by atoms with Gasteiger partial charge in [0.05, 0.1) is 23.4 Å². The number of carbonyl (C=O) groups is 4. The number of fused-ring (bicyclic) bond motifs is 1. The first-order chi connectivity index (χ1) is 16.3. The first-order valence-corrected chi connectivity index (χ1v) is 11.6. The summed E-state index contributed by atoms with van der Waals surface area (Å²) in [6.07, 6.45) is 5.18. The molecule has 0 aromatic heterocycles. The van der Waals surface area contributed by atoms with Gasteiger partial charge >= 0.3 is 5.97 Å². The van der Waals surface area contributed by atoms with Crippen LogP contribution < -0.4 is 14.5 Å². The lowest BCUT2D eigenvalue weighted by atomic mass is 9.85. The molecule has 3 atom stereocenters. The van der Waals surface area contributed by atoms with Gasteiger partial charge in [0.25, 0.3) is 0 Å². The Kier molecular flexibility index (Phi) is 5.55. The minimum Gasteiger partial charge on any atom is -0.426 e. The summed E-state index contributed by atoms with van der Waals surface area (Å²) >= 11 is 0. The van der Waals surface area contributed by atoms with E-state index in [1.54, 1.807) is 30.0 Å². The van der Waals surface area contributed by atoms with Crippen molar-refractivity contribution in [3.8, 4) is 5.75 Å². The number of esters is 1. The fourth-order valence-corrected chi connectivity index (χ4v) is 5.09. The number of ether oxygens (including phenoxy) is 1. The van der Waals surface area contributed by atoms with E-state index in [2.05, 4.69) is 0 Å². The molecule has 0 spiro atoms. The largest absolute Gasteiger partial charge is 0.426 e. The fraction of sp³-hybridized carbons (Fsp3) is 0.333. The summed E-state index contributed by atoms with van der Waals surface area (Å²) in [5.74, 6) is -1.77. The predicted octanol–water partition coefficient (Wildman–Crippen LogP) is 3.72. The molecular weight excluding hydrogens is 432 g/mol. The summed E-state index contributed by atoms with van der Waals surface area (Å²) in [5, 5.41) is 0. The maximum absolute atomic E-state index is 12.9. The van der Waals surface area contributed by atoms with E-state index < -0.39 is 11.9 Å². The SMILES string of the molecule is Cc1cccc(N2C[C@H](C(=O)Oc3ccc(N4C(=O)[C@@H]5CC=CC[C@H]5C4=O)c(C)c3)CC2=O)c1. The van der Waals surface area contributed by atoms with Gasteiger partial charge in [-0.25, -0.2) is 4.90 Å². The molecule has 174 valence electrons. The fourth-order valence-electron chi connectivity index (χ4n) is 5.09. The van der Waals surface area contributed by atoms with E-state index in [4.69, 9.17) is 4.74 Å². The molecule has 7 heteroatoms. The number of amides is 3. The Hall–Kier alpha value is -3.74. The van der Waals surface area contributed by atoms with Crippen LogP contribution in [-0.2, 0) is 19.2 Å². The number of anilines is 2. The van der Waals surface area contributed by atoms with Crippen LogP contribution >= 0.6 is 0 Å². The molecule has 0 radical (unpaired) electrons. The van der Waals surface area contributed by atoms with E-state index in [-0.39, 0.29) is 42.5 Å². The first-order valence-electron chi connectivity index (χ1n) is 11.6. The molecule has 0 bridgehead atoms. The molecule has 1 aliphatic carbocycles. The van der Waals surface area contributed by atoms with Crippen LogP contribution in [0.3, 0.4) is 0 Å². The molecule has 5 rings (SSSR count). The van der Waals surface area contributed by atoms with Gasteiger partial charge in [-0.15, -0.1) is 0 Å². The molecule has 2 heterocycles. The quantitative estimate of drug-likeness (QED) is 0.302. The van der Waals surface area contributed by atoms with Crippen LogP contribution in [0.4, 0.5) is 11.4 Å². The van der Waals surface area contributed by atoms with Gasteiger partial charge in [-0.1, -0.05) is 24.3 Å². The van der Waals surface area contributed by atoms with Gasteiger partial charge in [-0.3, -0.25) is 19.2 Å². The van der Waals surface area contributed by atoms with E-state index in [0.29, 0.717) is 29.8 Å². The third-order valence-corrected chi connectivity index (χ3v) is 6.91. The Labute approximate surface area is 198 Å². The van der Waals surface area contributed by atoms with Gasteiger partial charge in [0, 0.05) is 18.7 Å². The third-order valence-electron chi connectivity index (χ3n) is 6.91. The molecule has 3 aliphatic rings. The van der Waals surface area contributed by atoms with Crippen LogP contribution in [0.1, 0.15) is 30.4 Å². The lowest BCUT2D eigenvalue weighted by Crippen LogP contribution is -2.31. The summed E-state index contributed by atoms with van der Waals surface area (Å²) in [6, 6.07) is 12.5. The van der Waals surface area contributed by atoms with Gasteiger partial charge in [-0.2, -0.15) is 0 Å². The monoisotopic (exact) mass is 458 g/mol. The van der Waals surface area contributed by atoms with Crippen molar-refractivity contribution in [3.63, 3.8) is 0 Å². The molecule has 2 aliphatic heterocycles. The van der Waals surface area contributed by atoms with E-state index in [9.17, 15) is 19.2 Å². The molecule has 34 heavy (non-hydrogen) atoms. The Balaban J connectivity index is 1.28. The van der Waals surface area contributed by atoms with Crippen LogP contribution in [-0.4, -0.2) is 30.2 Å². The second-order valence-corrected chi connectivity index (χ2v) is 9.28. The molecule has 2 saturated heterocycles. The van der Waals surface area contributed by atoms with Crippen molar-refractivity contribution in [1.82, 2.24) is 0 Å². The van der Waals surface area contributed by atoms with E-state index in [0.717, 1.165) is 11.3 Å². The number of hydrogen-bond acceptors (Lipinski definition) is 5. The Morgan fingerprint density at radius 1 is 0.941 bits per heavy atom. The van der Waals surface area contributed by atoms with Crippen LogP contribution in [0.2, 0.25) is 0 Å². The van der Waals surface area contributed by atoms with E-state index in [1.165, 1.54) is 4.90 Å². The Bertz CT molecular complexity index is 1210. The average Bonchev–Trinajstić information content (AvgIpc) is 3.32. The molecular formula is C27H26N2O5. The van der Waals surface area contributed by atoms with Gasteiger partial charge in [0.1, 0.15) is 5.75 Å². The van der Waals surface area contributed by atoms with Crippen molar-refractivity contribution in [2.75, 3.05) is 16.3 Å². The summed E-state index contributed by atoms with van der Waals surface area (Å²) in [7, 11) is 0. The van der Waals surface area contributed by atoms with Crippen LogP contribution in [0.15, 0.2) is 54.6 Å². The number of aryl methyl sites for hydroxylation is 2.